The van der Waals surface area contributed by atoms with Gasteiger partial charge in [0.1, 0.15) is 11.9 Å². The van der Waals surface area contributed by atoms with Gasteiger partial charge in [0.15, 0.2) is 11.5 Å². The number of methoxy groups -OCH3 is 2. The van der Waals surface area contributed by atoms with Gasteiger partial charge in [-0.2, -0.15) is 0 Å². The molecular weight excluding hydrogens is 283 g/mol. The second kappa shape index (κ2) is 6.11. The van der Waals surface area contributed by atoms with Crippen molar-refractivity contribution < 1.29 is 19.0 Å². The lowest BCUT2D eigenvalue weighted by molar-refractivity contribution is 0.219. The molecule has 0 saturated heterocycles. The zero-order valence-corrected chi connectivity index (χ0v) is 11.8. The van der Waals surface area contributed by atoms with E-state index in [2.05, 4.69) is 0 Å². The topological polar surface area (TPSA) is 38.7 Å². The van der Waals surface area contributed by atoms with E-state index < -0.39 is 11.9 Å². The van der Waals surface area contributed by atoms with Crippen LogP contribution in [-0.4, -0.2) is 19.3 Å². The second-order valence-corrected chi connectivity index (χ2v) is 4.59. The molecule has 1 unspecified atom stereocenters. The average molecular weight is 297 g/mol. The Morgan fingerprint density at radius 1 is 1.05 bits per heavy atom. The summed E-state index contributed by atoms with van der Waals surface area (Å²) in [6, 6.07) is 8.93. The van der Waals surface area contributed by atoms with Crippen LogP contribution in [0.25, 0.3) is 0 Å². The summed E-state index contributed by atoms with van der Waals surface area (Å²) >= 11 is 5.95. The third-order valence-electron chi connectivity index (χ3n) is 2.98. The second-order valence-electron chi connectivity index (χ2n) is 4.18. The van der Waals surface area contributed by atoms with Crippen LogP contribution in [-0.2, 0) is 0 Å². The van der Waals surface area contributed by atoms with Crippen LogP contribution >= 0.6 is 11.6 Å². The minimum atomic E-state index is -0.970. The summed E-state index contributed by atoms with van der Waals surface area (Å²) in [4.78, 5) is 0. The van der Waals surface area contributed by atoms with Crippen molar-refractivity contribution in [3.63, 3.8) is 0 Å². The van der Waals surface area contributed by atoms with Crippen LogP contribution in [0.15, 0.2) is 36.4 Å². The number of benzene rings is 2. The van der Waals surface area contributed by atoms with E-state index in [4.69, 9.17) is 21.1 Å². The standard InChI is InChI=1S/C15H14ClFO3/c1-19-13-6-3-9(7-14(13)20-2)15(18)11-5-4-10(17)8-12(11)16/h3-8,15,18H,1-2H3. The number of hydrogen-bond acceptors (Lipinski definition) is 3. The molecule has 106 valence electrons. The molecule has 0 heterocycles. The fourth-order valence-corrected chi connectivity index (χ4v) is 2.20. The van der Waals surface area contributed by atoms with Crippen LogP contribution in [0.5, 0.6) is 11.5 Å². The number of hydrogen-bond donors (Lipinski definition) is 1. The fourth-order valence-electron chi connectivity index (χ4n) is 1.93. The molecule has 0 radical (unpaired) electrons. The first-order valence-electron chi connectivity index (χ1n) is 5.91. The summed E-state index contributed by atoms with van der Waals surface area (Å²) < 4.78 is 23.3. The van der Waals surface area contributed by atoms with Gasteiger partial charge in [-0.3, -0.25) is 0 Å². The van der Waals surface area contributed by atoms with Crippen LogP contribution in [0.2, 0.25) is 5.02 Å². The van der Waals surface area contributed by atoms with Crippen LogP contribution < -0.4 is 9.47 Å². The Morgan fingerprint density at radius 2 is 1.75 bits per heavy atom. The van der Waals surface area contributed by atoms with Crippen molar-refractivity contribution in [1.82, 2.24) is 0 Å². The van der Waals surface area contributed by atoms with E-state index >= 15 is 0 Å². The van der Waals surface area contributed by atoms with Gasteiger partial charge >= 0.3 is 0 Å². The van der Waals surface area contributed by atoms with E-state index in [1.807, 2.05) is 0 Å². The van der Waals surface area contributed by atoms with Gasteiger partial charge in [0.25, 0.3) is 0 Å². The Kier molecular flexibility index (Phi) is 4.47. The molecule has 5 heteroatoms. The zero-order valence-electron chi connectivity index (χ0n) is 11.1. The first-order valence-corrected chi connectivity index (χ1v) is 6.29. The average Bonchev–Trinajstić information content (AvgIpc) is 2.45. The molecule has 3 nitrogen and oxygen atoms in total. The van der Waals surface area contributed by atoms with Crippen molar-refractivity contribution in [1.29, 1.82) is 0 Å². The maximum Gasteiger partial charge on any atom is 0.161 e. The van der Waals surface area contributed by atoms with E-state index in [0.29, 0.717) is 22.6 Å². The minimum absolute atomic E-state index is 0.173. The van der Waals surface area contributed by atoms with Crippen LogP contribution in [0.1, 0.15) is 17.2 Å². The lowest BCUT2D eigenvalue weighted by Gasteiger charge is -2.15. The monoisotopic (exact) mass is 296 g/mol. The van der Waals surface area contributed by atoms with Gasteiger partial charge in [-0.1, -0.05) is 23.7 Å². The predicted molar refractivity (Wildman–Crippen MR) is 75.0 cm³/mol. The molecular formula is C15H14ClFO3. The van der Waals surface area contributed by atoms with Crippen molar-refractivity contribution in [3.05, 3.63) is 58.4 Å². The Balaban J connectivity index is 2.40. The van der Waals surface area contributed by atoms with Crippen molar-refractivity contribution in [2.45, 2.75) is 6.10 Å². The summed E-state index contributed by atoms with van der Waals surface area (Å²) in [7, 11) is 3.05. The Morgan fingerprint density at radius 3 is 2.35 bits per heavy atom. The highest BCUT2D eigenvalue weighted by molar-refractivity contribution is 6.31. The van der Waals surface area contributed by atoms with Gasteiger partial charge < -0.3 is 14.6 Å². The number of aliphatic hydroxyl groups is 1. The Bertz CT molecular complexity index is 616. The highest BCUT2D eigenvalue weighted by atomic mass is 35.5. The van der Waals surface area contributed by atoms with Gasteiger partial charge in [-0.05, 0) is 29.8 Å². The smallest absolute Gasteiger partial charge is 0.161 e. The summed E-state index contributed by atoms with van der Waals surface area (Å²) in [5.41, 5.74) is 1.01. The number of ether oxygens (including phenoxy) is 2. The normalized spacial score (nSPS) is 12.1. The molecule has 0 aliphatic carbocycles. The van der Waals surface area contributed by atoms with Crippen LogP contribution in [0, 0.1) is 5.82 Å². The molecule has 0 spiro atoms. The Labute approximate surface area is 121 Å². The van der Waals surface area contributed by atoms with Gasteiger partial charge in [0.2, 0.25) is 0 Å². The first-order chi connectivity index (χ1) is 9.56. The summed E-state index contributed by atoms with van der Waals surface area (Å²) in [5.74, 6) is 0.620. The molecule has 20 heavy (non-hydrogen) atoms. The lowest BCUT2D eigenvalue weighted by atomic mass is 10.0. The number of halogens is 2. The van der Waals surface area contributed by atoms with Crippen molar-refractivity contribution in [3.8, 4) is 11.5 Å². The third kappa shape index (κ3) is 2.86. The number of rotatable bonds is 4. The fraction of sp³-hybridized carbons (Fsp3) is 0.200. The molecule has 1 atom stereocenters. The van der Waals surface area contributed by atoms with Gasteiger partial charge in [0.05, 0.1) is 14.2 Å². The largest absolute Gasteiger partial charge is 0.493 e. The maximum atomic E-state index is 13.0. The van der Waals surface area contributed by atoms with Gasteiger partial charge in [0, 0.05) is 10.6 Å². The summed E-state index contributed by atoms with van der Waals surface area (Å²) in [5, 5.41) is 10.5. The maximum absolute atomic E-state index is 13.0. The molecule has 2 rings (SSSR count). The molecule has 0 bridgehead atoms. The molecule has 0 fully saturated rings. The lowest BCUT2D eigenvalue weighted by Crippen LogP contribution is -2.02. The molecule has 0 saturated carbocycles. The third-order valence-corrected chi connectivity index (χ3v) is 3.31. The SMILES string of the molecule is COc1ccc(C(O)c2ccc(F)cc2Cl)cc1OC. The molecule has 2 aromatic rings. The van der Waals surface area contributed by atoms with E-state index in [0.717, 1.165) is 0 Å². The molecule has 0 aliphatic rings. The number of aliphatic hydroxyl groups excluding tert-OH is 1. The minimum Gasteiger partial charge on any atom is -0.493 e. The van der Waals surface area contributed by atoms with Crippen molar-refractivity contribution >= 4 is 11.6 Å². The molecule has 0 aliphatic heterocycles. The van der Waals surface area contributed by atoms with E-state index in [1.54, 1.807) is 18.2 Å². The molecule has 0 amide bonds. The summed E-state index contributed by atoms with van der Waals surface area (Å²) in [6.07, 6.45) is -0.970. The molecule has 1 N–H and O–H groups in total. The van der Waals surface area contributed by atoms with Crippen LogP contribution in [0.4, 0.5) is 4.39 Å². The predicted octanol–water partition coefficient (Wildman–Crippen LogP) is 3.58. The van der Waals surface area contributed by atoms with Crippen molar-refractivity contribution in [2.75, 3.05) is 14.2 Å². The zero-order chi connectivity index (χ0) is 14.7. The van der Waals surface area contributed by atoms with E-state index in [9.17, 15) is 9.50 Å². The Hall–Kier alpha value is -1.78. The quantitative estimate of drug-likeness (QED) is 0.937. The van der Waals surface area contributed by atoms with E-state index in [-0.39, 0.29) is 5.02 Å². The first kappa shape index (κ1) is 14.6. The van der Waals surface area contributed by atoms with Crippen molar-refractivity contribution in [2.24, 2.45) is 0 Å². The van der Waals surface area contributed by atoms with Gasteiger partial charge in [-0.15, -0.1) is 0 Å². The van der Waals surface area contributed by atoms with E-state index in [1.165, 1.54) is 32.4 Å². The highest BCUT2D eigenvalue weighted by Crippen LogP contribution is 2.34. The summed E-state index contributed by atoms with van der Waals surface area (Å²) in [6.45, 7) is 0. The molecule has 0 aromatic heterocycles. The van der Waals surface area contributed by atoms with Crippen LogP contribution in [0.3, 0.4) is 0 Å². The molecule has 2 aromatic carbocycles. The highest BCUT2D eigenvalue weighted by Gasteiger charge is 2.16. The van der Waals surface area contributed by atoms with Gasteiger partial charge in [-0.25, -0.2) is 4.39 Å².